The second kappa shape index (κ2) is 5.75. The number of aromatic nitrogens is 1. The molecule has 1 amide bonds. The lowest BCUT2D eigenvalue weighted by Crippen LogP contribution is -2.34. The number of carboxylic acids is 1. The third-order valence-corrected chi connectivity index (χ3v) is 2.94. The van der Waals surface area contributed by atoms with Gasteiger partial charge < -0.3 is 14.9 Å². The quantitative estimate of drug-likeness (QED) is 0.901. The highest BCUT2D eigenvalue weighted by molar-refractivity contribution is 6.31. The van der Waals surface area contributed by atoms with E-state index in [1.807, 2.05) is 0 Å². The fourth-order valence-corrected chi connectivity index (χ4v) is 1.91. The molecule has 1 atom stereocenters. The molecule has 1 aromatic carbocycles. The second-order valence-electron chi connectivity index (χ2n) is 4.09. The number of hydrogen-bond acceptors (Lipinski definition) is 4. The number of carboxylic acid groups (broad SMARTS) is 1. The highest BCUT2D eigenvalue weighted by Crippen LogP contribution is 2.23. The van der Waals surface area contributed by atoms with Crippen molar-refractivity contribution in [3.05, 3.63) is 52.4 Å². The summed E-state index contributed by atoms with van der Waals surface area (Å²) in [7, 11) is 0. The van der Waals surface area contributed by atoms with Crippen molar-refractivity contribution < 1.29 is 19.2 Å². The molecule has 2 N–H and O–H groups in total. The zero-order valence-corrected chi connectivity index (χ0v) is 11.2. The summed E-state index contributed by atoms with van der Waals surface area (Å²) < 4.78 is 4.77. The van der Waals surface area contributed by atoms with Gasteiger partial charge in [0.25, 0.3) is 5.91 Å². The van der Waals surface area contributed by atoms with Gasteiger partial charge >= 0.3 is 5.97 Å². The molecular weight excluding hydrogens is 284 g/mol. The van der Waals surface area contributed by atoms with Gasteiger partial charge in [-0.2, -0.15) is 0 Å². The molecule has 0 bridgehead atoms. The Morgan fingerprint density at radius 1 is 1.40 bits per heavy atom. The van der Waals surface area contributed by atoms with Crippen LogP contribution in [0.3, 0.4) is 0 Å². The van der Waals surface area contributed by atoms with Crippen molar-refractivity contribution in [1.82, 2.24) is 10.5 Å². The molecule has 0 aliphatic rings. The Hall–Kier alpha value is -2.34. The van der Waals surface area contributed by atoms with Crippen molar-refractivity contribution in [2.75, 3.05) is 0 Å². The molecule has 0 unspecified atom stereocenters. The number of nitrogens with zero attached hydrogens (tertiary/aromatic N) is 1. The minimum Gasteiger partial charge on any atom is -0.479 e. The van der Waals surface area contributed by atoms with Gasteiger partial charge in [-0.25, -0.2) is 4.79 Å². The molecule has 0 saturated carbocycles. The average Bonchev–Trinajstić information content (AvgIpc) is 2.83. The van der Waals surface area contributed by atoms with Gasteiger partial charge in [-0.05, 0) is 13.0 Å². The Morgan fingerprint density at radius 3 is 2.65 bits per heavy atom. The summed E-state index contributed by atoms with van der Waals surface area (Å²) >= 11 is 5.95. The van der Waals surface area contributed by atoms with Crippen molar-refractivity contribution in [1.29, 1.82) is 0 Å². The van der Waals surface area contributed by atoms with Crippen LogP contribution in [0.2, 0.25) is 5.02 Å². The van der Waals surface area contributed by atoms with Gasteiger partial charge in [0.15, 0.2) is 11.7 Å². The molecule has 0 saturated heterocycles. The van der Waals surface area contributed by atoms with E-state index < -0.39 is 17.9 Å². The molecule has 20 heavy (non-hydrogen) atoms. The predicted octanol–water partition coefficient (Wildman–Crippen LogP) is 2.19. The average molecular weight is 295 g/mol. The summed E-state index contributed by atoms with van der Waals surface area (Å²) in [6.45, 7) is 1.63. The van der Waals surface area contributed by atoms with Gasteiger partial charge in [0.2, 0.25) is 0 Å². The zero-order chi connectivity index (χ0) is 14.7. The molecule has 0 radical (unpaired) electrons. The van der Waals surface area contributed by atoms with Gasteiger partial charge in [-0.15, -0.1) is 0 Å². The Morgan fingerprint density at radius 2 is 2.10 bits per heavy atom. The SMILES string of the molecule is Cc1cc(C(=O)N[C@@H](C(=O)O)c2ccccc2Cl)no1. The van der Waals surface area contributed by atoms with Gasteiger partial charge in [0.05, 0.1) is 0 Å². The largest absolute Gasteiger partial charge is 0.479 e. The Labute approximate surface area is 119 Å². The molecule has 6 nitrogen and oxygen atoms in total. The van der Waals surface area contributed by atoms with Gasteiger partial charge in [-0.3, -0.25) is 4.79 Å². The predicted molar refractivity (Wildman–Crippen MR) is 70.5 cm³/mol. The number of aliphatic carboxylic acids is 1. The number of rotatable bonds is 4. The normalized spacial score (nSPS) is 11.9. The van der Waals surface area contributed by atoms with Crippen LogP contribution in [0.4, 0.5) is 0 Å². The third-order valence-electron chi connectivity index (χ3n) is 2.60. The van der Waals surface area contributed by atoms with Crippen LogP contribution in [-0.4, -0.2) is 22.1 Å². The van der Waals surface area contributed by atoms with Crippen LogP contribution < -0.4 is 5.32 Å². The van der Waals surface area contributed by atoms with E-state index in [0.29, 0.717) is 11.3 Å². The highest BCUT2D eigenvalue weighted by Gasteiger charge is 2.25. The molecule has 1 aromatic heterocycles. The number of carbonyl (C=O) groups is 2. The van der Waals surface area contributed by atoms with Gasteiger partial charge in [0.1, 0.15) is 5.76 Å². The third kappa shape index (κ3) is 2.97. The number of carbonyl (C=O) groups excluding carboxylic acids is 1. The first-order valence-electron chi connectivity index (χ1n) is 5.70. The standard InChI is InChI=1S/C13H11ClN2O4/c1-7-6-10(16-20-7)12(17)15-11(13(18)19)8-4-2-3-5-9(8)14/h2-6,11H,1H3,(H,15,17)(H,18,19)/t11-/m1/s1. The molecule has 0 fully saturated rings. The molecule has 0 aliphatic carbocycles. The highest BCUT2D eigenvalue weighted by atomic mass is 35.5. The molecule has 7 heteroatoms. The summed E-state index contributed by atoms with van der Waals surface area (Å²) in [6.07, 6.45) is 0. The number of aryl methyl sites for hydroxylation is 1. The lowest BCUT2D eigenvalue weighted by Gasteiger charge is -2.15. The Kier molecular flexibility index (Phi) is 4.05. The van der Waals surface area contributed by atoms with E-state index in [4.69, 9.17) is 16.1 Å². The second-order valence-corrected chi connectivity index (χ2v) is 4.50. The molecule has 0 aliphatic heterocycles. The minimum absolute atomic E-state index is 0.0146. The maximum absolute atomic E-state index is 11.9. The first-order chi connectivity index (χ1) is 9.49. The Balaban J connectivity index is 2.25. The molecule has 2 aromatic rings. The van der Waals surface area contributed by atoms with Crippen LogP contribution in [-0.2, 0) is 4.79 Å². The van der Waals surface area contributed by atoms with Crippen molar-refractivity contribution >= 4 is 23.5 Å². The monoisotopic (exact) mass is 294 g/mol. The number of hydrogen-bond donors (Lipinski definition) is 2. The van der Waals surface area contributed by atoms with E-state index in [-0.39, 0.29) is 10.7 Å². The first-order valence-corrected chi connectivity index (χ1v) is 6.08. The number of benzene rings is 1. The van der Waals surface area contributed by atoms with Crippen LogP contribution >= 0.6 is 11.6 Å². The van der Waals surface area contributed by atoms with Gasteiger partial charge in [0, 0.05) is 16.7 Å². The van der Waals surface area contributed by atoms with Crippen molar-refractivity contribution in [2.24, 2.45) is 0 Å². The number of halogens is 1. The first kappa shape index (κ1) is 14.1. The van der Waals surface area contributed by atoms with E-state index in [9.17, 15) is 14.7 Å². The molecular formula is C13H11ClN2O4. The smallest absolute Gasteiger partial charge is 0.330 e. The van der Waals surface area contributed by atoms with Crippen LogP contribution in [0.25, 0.3) is 0 Å². The summed E-state index contributed by atoms with van der Waals surface area (Å²) in [4.78, 5) is 23.2. The van der Waals surface area contributed by atoms with E-state index in [1.54, 1.807) is 25.1 Å². The van der Waals surface area contributed by atoms with Crippen LogP contribution in [0.1, 0.15) is 27.9 Å². The lowest BCUT2D eigenvalue weighted by atomic mass is 10.1. The van der Waals surface area contributed by atoms with Crippen molar-refractivity contribution in [3.8, 4) is 0 Å². The minimum atomic E-state index is -1.26. The van der Waals surface area contributed by atoms with Crippen LogP contribution in [0.5, 0.6) is 0 Å². The summed E-state index contributed by atoms with van der Waals surface area (Å²) in [5, 5.41) is 15.4. The van der Waals surface area contributed by atoms with E-state index in [1.165, 1.54) is 12.1 Å². The summed E-state index contributed by atoms with van der Waals surface area (Å²) in [5.41, 5.74) is 0.316. The molecule has 1 heterocycles. The van der Waals surface area contributed by atoms with E-state index in [2.05, 4.69) is 10.5 Å². The fraction of sp³-hybridized carbons (Fsp3) is 0.154. The fourth-order valence-electron chi connectivity index (χ4n) is 1.66. The van der Waals surface area contributed by atoms with Crippen molar-refractivity contribution in [2.45, 2.75) is 13.0 Å². The summed E-state index contributed by atoms with van der Waals surface area (Å²) in [6, 6.07) is 6.57. The summed E-state index contributed by atoms with van der Waals surface area (Å²) in [5.74, 6) is -1.40. The molecule has 104 valence electrons. The molecule has 2 rings (SSSR count). The van der Waals surface area contributed by atoms with E-state index in [0.717, 1.165) is 0 Å². The zero-order valence-electron chi connectivity index (χ0n) is 10.5. The lowest BCUT2D eigenvalue weighted by molar-refractivity contribution is -0.139. The van der Waals surface area contributed by atoms with Crippen molar-refractivity contribution in [3.63, 3.8) is 0 Å². The maximum Gasteiger partial charge on any atom is 0.330 e. The van der Waals surface area contributed by atoms with Gasteiger partial charge in [-0.1, -0.05) is 35.0 Å². The van der Waals surface area contributed by atoms with E-state index >= 15 is 0 Å². The maximum atomic E-state index is 11.9. The number of nitrogens with one attached hydrogen (secondary N) is 1. The van der Waals surface area contributed by atoms with Crippen LogP contribution in [0, 0.1) is 6.92 Å². The van der Waals surface area contributed by atoms with Crippen LogP contribution in [0.15, 0.2) is 34.9 Å². The number of amides is 1. The molecule has 0 spiro atoms. The topological polar surface area (TPSA) is 92.4 Å². The Bertz CT molecular complexity index is 653.